The van der Waals surface area contributed by atoms with Gasteiger partial charge in [-0.25, -0.2) is 9.97 Å². The van der Waals surface area contributed by atoms with Gasteiger partial charge in [0.05, 0.1) is 17.1 Å². The number of ether oxygens (including phenoxy) is 1. The van der Waals surface area contributed by atoms with Crippen LogP contribution in [0.4, 0.5) is 5.82 Å². The van der Waals surface area contributed by atoms with Gasteiger partial charge in [-0.15, -0.1) is 12.4 Å². The van der Waals surface area contributed by atoms with Crippen molar-refractivity contribution in [2.45, 2.75) is 19.8 Å². The summed E-state index contributed by atoms with van der Waals surface area (Å²) in [4.78, 5) is 11.6. The molecule has 0 unspecified atom stereocenters. The van der Waals surface area contributed by atoms with Crippen molar-refractivity contribution in [1.82, 2.24) is 9.97 Å². The van der Waals surface area contributed by atoms with Crippen LogP contribution in [-0.4, -0.2) is 23.1 Å². The fourth-order valence-electron chi connectivity index (χ4n) is 3.17. The molecule has 5 nitrogen and oxygen atoms in total. The lowest BCUT2D eigenvalue weighted by atomic mass is 10.2. The Morgan fingerprint density at radius 2 is 1.69 bits per heavy atom. The number of hydrogen-bond donors (Lipinski definition) is 0. The van der Waals surface area contributed by atoms with Crippen molar-refractivity contribution in [2.75, 3.05) is 18.0 Å². The minimum absolute atomic E-state index is 0. The normalized spacial score (nSPS) is 13.3. The first-order valence-electron chi connectivity index (χ1n) is 8.44. The van der Waals surface area contributed by atoms with Crippen molar-refractivity contribution < 1.29 is 4.74 Å². The number of rotatable bonds is 3. The topological polar surface area (TPSA) is 62.0 Å². The van der Waals surface area contributed by atoms with Crippen molar-refractivity contribution >= 4 is 29.1 Å². The highest BCUT2D eigenvalue weighted by Crippen LogP contribution is 2.31. The number of aromatic nitrogens is 2. The molecule has 2 aromatic carbocycles. The van der Waals surface area contributed by atoms with Crippen LogP contribution in [-0.2, 0) is 0 Å². The molecule has 1 aliphatic heterocycles. The van der Waals surface area contributed by atoms with Gasteiger partial charge in [0.15, 0.2) is 0 Å². The van der Waals surface area contributed by atoms with E-state index in [9.17, 15) is 0 Å². The SMILES string of the molecule is Cc1nc(N2CCCC2)c2ccc(Oc3ccc(C#N)cc3)cc2n1.Cl. The van der Waals surface area contributed by atoms with Gasteiger partial charge in [0.2, 0.25) is 0 Å². The summed E-state index contributed by atoms with van der Waals surface area (Å²) in [5.74, 6) is 3.21. The number of halogens is 1. The average Bonchev–Trinajstić information content (AvgIpc) is 3.16. The van der Waals surface area contributed by atoms with E-state index in [1.54, 1.807) is 24.3 Å². The summed E-state index contributed by atoms with van der Waals surface area (Å²) in [7, 11) is 0. The zero-order chi connectivity index (χ0) is 17.2. The maximum atomic E-state index is 8.87. The van der Waals surface area contributed by atoms with Crippen LogP contribution >= 0.6 is 12.4 Å². The summed E-state index contributed by atoms with van der Waals surface area (Å²) < 4.78 is 5.91. The van der Waals surface area contributed by atoms with Crippen molar-refractivity contribution in [2.24, 2.45) is 0 Å². The van der Waals surface area contributed by atoms with E-state index in [2.05, 4.69) is 20.9 Å². The van der Waals surface area contributed by atoms with Crippen LogP contribution < -0.4 is 9.64 Å². The quantitative estimate of drug-likeness (QED) is 0.676. The summed E-state index contributed by atoms with van der Waals surface area (Å²) in [6.45, 7) is 4.03. The molecule has 0 aliphatic carbocycles. The van der Waals surface area contributed by atoms with E-state index in [0.29, 0.717) is 11.3 Å². The van der Waals surface area contributed by atoms with E-state index >= 15 is 0 Å². The molecular formula is C20H19ClN4O. The van der Waals surface area contributed by atoms with Gasteiger partial charge in [0.25, 0.3) is 0 Å². The molecule has 0 saturated carbocycles. The zero-order valence-corrected chi connectivity index (χ0v) is 15.3. The van der Waals surface area contributed by atoms with Crippen LogP contribution in [0.15, 0.2) is 42.5 Å². The molecule has 4 rings (SSSR count). The minimum Gasteiger partial charge on any atom is -0.457 e. The first-order valence-corrected chi connectivity index (χ1v) is 8.44. The lowest BCUT2D eigenvalue weighted by Gasteiger charge is -2.19. The lowest BCUT2D eigenvalue weighted by molar-refractivity contribution is 0.483. The first kappa shape index (κ1) is 18.0. The molecular weight excluding hydrogens is 348 g/mol. The zero-order valence-electron chi connectivity index (χ0n) is 14.5. The van der Waals surface area contributed by atoms with Crippen molar-refractivity contribution in [1.29, 1.82) is 5.26 Å². The summed E-state index contributed by atoms with van der Waals surface area (Å²) in [5.41, 5.74) is 1.50. The predicted molar refractivity (Wildman–Crippen MR) is 104 cm³/mol. The van der Waals surface area contributed by atoms with Crippen LogP contribution in [0.1, 0.15) is 24.2 Å². The molecule has 26 heavy (non-hydrogen) atoms. The number of nitrogens with zero attached hydrogens (tertiary/aromatic N) is 4. The van der Waals surface area contributed by atoms with Crippen LogP contribution in [0.25, 0.3) is 10.9 Å². The maximum Gasteiger partial charge on any atom is 0.140 e. The van der Waals surface area contributed by atoms with Crippen LogP contribution in [0.2, 0.25) is 0 Å². The molecule has 132 valence electrons. The Morgan fingerprint density at radius 1 is 1.00 bits per heavy atom. The Kier molecular flexibility index (Phi) is 5.24. The number of fused-ring (bicyclic) bond motifs is 1. The molecule has 0 N–H and O–H groups in total. The van der Waals surface area contributed by atoms with E-state index in [1.165, 1.54) is 12.8 Å². The third kappa shape index (κ3) is 3.56. The highest BCUT2D eigenvalue weighted by molar-refractivity contribution is 5.90. The Morgan fingerprint density at radius 3 is 2.38 bits per heavy atom. The molecule has 1 saturated heterocycles. The fourth-order valence-corrected chi connectivity index (χ4v) is 3.17. The molecule has 0 bridgehead atoms. The molecule has 0 spiro atoms. The Labute approximate surface area is 158 Å². The van der Waals surface area contributed by atoms with Gasteiger partial charge >= 0.3 is 0 Å². The standard InChI is InChI=1S/C20H18N4O.ClH/c1-14-22-19-12-17(25-16-6-4-15(13-21)5-7-16)8-9-18(19)20(23-14)24-10-2-3-11-24;/h4-9,12H,2-3,10-11H2,1H3;1H. The highest BCUT2D eigenvalue weighted by atomic mass is 35.5. The lowest BCUT2D eigenvalue weighted by Crippen LogP contribution is -2.20. The van der Waals surface area contributed by atoms with E-state index in [4.69, 9.17) is 10.00 Å². The number of aryl methyl sites for hydroxylation is 1. The summed E-state index contributed by atoms with van der Waals surface area (Å²) in [5, 5.41) is 9.92. The molecule has 0 atom stereocenters. The molecule has 3 aromatic rings. The van der Waals surface area contributed by atoms with Gasteiger partial charge < -0.3 is 9.64 Å². The van der Waals surface area contributed by atoms with Crippen LogP contribution in [0.3, 0.4) is 0 Å². The van der Waals surface area contributed by atoms with Gasteiger partial charge in [-0.05, 0) is 56.2 Å². The molecule has 1 aliphatic rings. The monoisotopic (exact) mass is 366 g/mol. The second kappa shape index (κ2) is 7.59. The molecule has 1 fully saturated rings. The van der Waals surface area contributed by atoms with Gasteiger partial charge in [-0.1, -0.05) is 0 Å². The Hall–Kier alpha value is -2.84. The number of anilines is 1. The van der Waals surface area contributed by atoms with E-state index in [0.717, 1.165) is 41.4 Å². The van der Waals surface area contributed by atoms with Gasteiger partial charge in [0.1, 0.15) is 23.1 Å². The van der Waals surface area contributed by atoms with Gasteiger partial charge in [0, 0.05) is 24.5 Å². The third-order valence-corrected chi connectivity index (χ3v) is 4.38. The highest BCUT2D eigenvalue weighted by Gasteiger charge is 2.17. The van der Waals surface area contributed by atoms with Crippen LogP contribution in [0.5, 0.6) is 11.5 Å². The predicted octanol–water partition coefficient (Wildman–Crippen LogP) is 4.62. The molecule has 0 amide bonds. The van der Waals surface area contributed by atoms with Gasteiger partial charge in [-0.2, -0.15) is 5.26 Å². The Bertz CT molecular complexity index is 960. The summed E-state index contributed by atoms with van der Waals surface area (Å²) in [6.07, 6.45) is 2.43. The molecule has 1 aromatic heterocycles. The minimum atomic E-state index is 0. The second-order valence-electron chi connectivity index (χ2n) is 6.21. The van der Waals surface area contributed by atoms with Gasteiger partial charge in [-0.3, -0.25) is 0 Å². The van der Waals surface area contributed by atoms with E-state index < -0.39 is 0 Å². The third-order valence-electron chi connectivity index (χ3n) is 4.38. The molecule has 0 radical (unpaired) electrons. The smallest absolute Gasteiger partial charge is 0.140 e. The number of benzene rings is 2. The van der Waals surface area contributed by atoms with Crippen molar-refractivity contribution in [3.8, 4) is 17.6 Å². The second-order valence-corrected chi connectivity index (χ2v) is 6.21. The van der Waals surface area contributed by atoms with E-state index in [1.807, 2.05) is 25.1 Å². The maximum absolute atomic E-state index is 8.87. The van der Waals surface area contributed by atoms with E-state index in [-0.39, 0.29) is 12.4 Å². The van der Waals surface area contributed by atoms with Crippen LogP contribution in [0, 0.1) is 18.3 Å². The first-order chi connectivity index (χ1) is 12.2. The molecule has 2 heterocycles. The Balaban J connectivity index is 0.00000196. The average molecular weight is 367 g/mol. The van der Waals surface area contributed by atoms with Crippen molar-refractivity contribution in [3.63, 3.8) is 0 Å². The molecule has 6 heteroatoms. The summed E-state index contributed by atoms with van der Waals surface area (Å²) in [6, 6.07) is 15.1. The number of hydrogen-bond acceptors (Lipinski definition) is 5. The van der Waals surface area contributed by atoms with Crippen molar-refractivity contribution in [3.05, 3.63) is 53.9 Å². The fraction of sp³-hybridized carbons (Fsp3) is 0.250. The largest absolute Gasteiger partial charge is 0.457 e. The summed E-state index contributed by atoms with van der Waals surface area (Å²) >= 11 is 0. The number of nitriles is 1.